The summed E-state index contributed by atoms with van der Waals surface area (Å²) in [6.45, 7) is 3.43. The Hall–Kier alpha value is -3.22. The molecule has 2 aromatic rings. The normalized spacial score (nSPS) is 16.1. The van der Waals surface area contributed by atoms with Crippen LogP contribution in [-0.2, 0) is 4.79 Å². The number of nitrogens with zero attached hydrogens (tertiary/aromatic N) is 4. The number of piperidine rings is 1. The van der Waals surface area contributed by atoms with E-state index in [4.69, 9.17) is 11.6 Å². The van der Waals surface area contributed by atoms with E-state index in [2.05, 4.69) is 21.5 Å². The Balaban J connectivity index is 1.58. The lowest BCUT2D eigenvalue weighted by Gasteiger charge is -2.40. The summed E-state index contributed by atoms with van der Waals surface area (Å²) in [4.78, 5) is 33.9. The van der Waals surface area contributed by atoms with Crippen LogP contribution in [0, 0.1) is 5.41 Å². The van der Waals surface area contributed by atoms with Gasteiger partial charge in [0, 0.05) is 40.8 Å². The van der Waals surface area contributed by atoms with Gasteiger partial charge < -0.3 is 19.4 Å². The van der Waals surface area contributed by atoms with Crippen LogP contribution in [0.25, 0.3) is 0 Å². The van der Waals surface area contributed by atoms with Gasteiger partial charge in [0.05, 0.1) is 5.56 Å². The molecule has 3 rings (SSSR count). The first kappa shape index (κ1) is 33.3. The maximum Gasteiger partial charge on any atom is 0.573 e. The number of halogens is 7. The van der Waals surface area contributed by atoms with Gasteiger partial charge in [-0.05, 0) is 60.9 Å². The number of carbonyl (C=O) groups excluding carboxylic acids is 2. The molecule has 1 fully saturated rings. The highest BCUT2D eigenvalue weighted by Crippen LogP contribution is 2.39. The van der Waals surface area contributed by atoms with Crippen LogP contribution in [0.15, 0.2) is 36.4 Å². The lowest BCUT2D eigenvalue weighted by molar-refractivity contribution is -0.274. The van der Waals surface area contributed by atoms with Gasteiger partial charge in [-0.1, -0.05) is 30.7 Å². The Bertz CT molecular complexity index is 1260. The minimum Gasteiger partial charge on any atom is -0.406 e. The molecule has 1 aliphatic heterocycles. The second-order valence-electron chi connectivity index (χ2n) is 11.0. The monoisotopic (exact) mass is 622 g/mol. The summed E-state index contributed by atoms with van der Waals surface area (Å²) in [5.74, 6) is -4.33. The lowest BCUT2D eigenvalue weighted by atomic mass is 9.76. The van der Waals surface area contributed by atoms with Gasteiger partial charge in [0.15, 0.2) is 5.92 Å². The predicted octanol–water partition coefficient (Wildman–Crippen LogP) is 6.53. The Morgan fingerprint density at radius 2 is 1.71 bits per heavy atom. The molecule has 1 aromatic heterocycles. The van der Waals surface area contributed by atoms with Crippen molar-refractivity contribution in [3.63, 3.8) is 0 Å². The quantitative estimate of drug-likeness (QED) is 0.235. The van der Waals surface area contributed by atoms with E-state index in [0.717, 1.165) is 35.9 Å². The van der Waals surface area contributed by atoms with E-state index in [1.165, 1.54) is 11.9 Å². The molecule has 14 heteroatoms. The maximum atomic E-state index is 13.9. The molecule has 1 saturated heterocycles. The second-order valence-corrected chi connectivity index (χ2v) is 11.3. The Morgan fingerprint density at radius 1 is 1.07 bits per heavy atom. The Morgan fingerprint density at radius 3 is 2.26 bits per heavy atom. The summed E-state index contributed by atoms with van der Waals surface area (Å²) in [6.07, 6.45) is -7.49. The van der Waals surface area contributed by atoms with Crippen LogP contribution < -0.4 is 9.64 Å². The molecule has 1 aromatic carbocycles. The summed E-state index contributed by atoms with van der Waals surface area (Å²) in [5, 5.41) is 0.115. The zero-order valence-corrected chi connectivity index (χ0v) is 24.4. The predicted molar refractivity (Wildman–Crippen MR) is 146 cm³/mol. The first-order valence-corrected chi connectivity index (χ1v) is 13.6. The summed E-state index contributed by atoms with van der Waals surface area (Å²) < 4.78 is 83.2. The topological polar surface area (TPSA) is 66.0 Å². The molecule has 0 spiro atoms. The number of likely N-dealkylation sites (N-methyl/N-ethyl adjacent to an activating group) is 1. The number of alkyl halides is 6. The van der Waals surface area contributed by atoms with Crippen molar-refractivity contribution in [1.29, 1.82) is 0 Å². The van der Waals surface area contributed by atoms with E-state index in [-0.39, 0.29) is 23.0 Å². The average molecular weight is 623 g/mol. The highest BCUT2D eigenvalue weighted by molar-refractivity contribution is 6.32. The smallest absolute Gasteiger partial charge is 0.406 e. The molecule has 7 nitrogen and oxygen atoms in total. The number of amides is 2. The van der Waals surface area contributed by atoms with Gasteiger partial charge >= 0.3 is 12.5 Å². The van der Waals surface area contributed by atoms with Crippen molar-refractivity contribution < 1.29 is 40.7 Å². The fraction of sp³-hybridized carbons (Fsp3) is 0.536. The van der Waals surface area contributed by atoms with Crippen LogP contribution in [0.1, 0.15) is 54.4 Å². The number of benzene rings is 1. The zero-order chi connectivity index (χ0) is 31.5. The van der Waals surface area contributed by atoms with Crippen molar-refractivity contribution in [3.05, 3.63) is 52.7 Å². The van der Waals surface area contributed by atoms with E-state index in [1.807, 2.05) is 0 Å². The highest BCUT2D eigenvalue weighted by Gasteiger charge is 2.47. The van der Waals surface area contributed by atoms with Crippen molar-refractivity contribution in [2.75, 3.05) is 45.7 Å². The largest absolute Gasteiger partial charge is 0.573 e. The molecule has 0 aliphatic carbocycles. The third kappa shape index (κ3) is 8.65. The fourth-order valence-electron chi connectivity index (χ4n) is 4.96. The SMILES string of the molecule is CN(C)C(=O)c1ccc(N2CCC(C)(CCCN(C)C(=O)C(c3cccc(OC(F)(F)F)c3)C(F)(F)F)CC2)nc1Cl. The zero-order valence-electron chi connectivity index (χ0n) is 23.7. The van der Waals surface area contributed by atoms with Crippen LogP contribution in [-0.4, -0.2) is 79.9 Å². The molecule has 1 unspecified atom stereocenters. The second kappa shape index (κ2) is 13.0. The molecular formula is C28H33ClF6N4O3. The van der Waals surface area contributed by atoms with Crippen molar-refractivity contribution in [2.24, 2.45) is 5.41 Å². The number of hydrogen-bond acceptors (Lipinski definition) is 5. The Kier molecular flexibility index (Phi) is 10.3. The van der Waals surface area contributed by atoms with Gasteiger partial charge in [0.2, 0.25) is 5.91 Å². The van der Waals surface area contributed by atoms with Crippen LogP contribution in [0.3, 0.4) is 0 Å². The molecule has 0 N–H and O–H groups in total. The number of pyridine rings is 1. The van der Waals surface area contributed by atoms with Crippen LogP contribution in [0.4, 0.5) is 32.2 Å². The minimum absolute atomic E-state index is 0.0436. The van der Waals surface area contributed by atoms with Gasteiger partial charge in [-0.25, -0.2) is 4.98 Å². The third-order valence-electron chi connectivity index (χ3n) is 7.41. The summed E-state index contributed by atoms with van der Waals surface area (Å²) in [6, 6.07) is 6.78. The van der Waals surface area contributed by atoms with E-state index < -0.39 is 35.7 Å². The first-order valence-electron chi connectivity index (χ1n) is 13.2. The number of ether oxygens (including phenoxy) is 1. The number of aromatic nitrogens is 1. The van der Waals surface area contributed by atoms with E-state index in [9.17, 15) is 35.9 Å². The third-order valence-corrected chi connectivity index (χ3v) is 7.70. The molecule has 232 valence electrons. The molecule has 0 radical (unpaired) electrons. The van der Waals surface area contributed by atoms with Crippen LogP contribution >= 0.6 is 11.6 Å². The summed E-state index contributed by atoms with van der Waals surface area (Å²) >= 11 is 6.25. The molecule has 1 atom stereocenters. The van der Waals surface area contributed by atoms with Crippen molar-refractivity contribution in [1.82, 2.24) is 14.8 Å². The van der Waals surface area contributed by atoms with Gasteiger partial charge in [0.1, 0.15) is 16.7 Å². The van der Waals surface area contributed by atoms with E-state index in [0.29, 0.717) is 43.4 Å². The summed E-state index contributed by atoms with van der Waals surface area (Å²) in [5.41, 5.74) is -0.452. The molecule has 0 saturated carbocycles. The van der Waals surface area contributed by atoms with Crippen LogP contribution in [0.2, 0.25) is 5.15 Å². The minimum atomic E-state index is -5.08. The maximum absolute atomic E-state index is 13.9. The van der Waals surface area contributed by atoms with Gasteiger partial charge in [0.25, 0.3) is 5.91 Å². The lowest BCUT2D eigenvalue weighted by Crippen LogP contribution is -2.41. The van der Waals surface area contributed by atoms with Crippen LogP contribution in [0.5, 0.6) is 5.75 Å². The standard InChI is InChI=1S/C28H33ClF6N4O3/c1-26(12-15-39(16-13-26)21-10-9-20(23(29)36-21)24(40)37(2)3)11-6-14-38(4)25(41)22(27(30,31)32)18-7-5-8-19(17-18)42-28(33,34)35/h5,7-10,17,22H,6,11-16H2,1-4H3. The van der Waals surface area contributed by atoms with Gasteiger partial charge in [-0.2, -0.15) is 13.2 Å². The highest BCUT2D eigenvalue weighted by atomic mass is 35.5. The number of rotatable bonds is 9. The van der Waals surface area contributed by atoms with Crippen molar-refractivity contribution in [3.8, 4) is 5.75 Å². The average Bonchev–Trinajstić information content (AvgIpc) is 2.87. The molecule has 0 bridgehead atoms. The van der Waals surface area contributed by atoms with Gasteiger partial charge in [-0.15, -0.1) is 13.2 Å². The Labute approximate surface area is 245 Å². The van der Waals surface area contributed by atoms with E-state index >= 15 is 0 Å². The van der Waals surface area contributed by atoms with E-state index in [1.54, 1.807) is 26.2 Å². The number of hydrogen-bond donors (Lipinski definition) is 0. The fourth-order valence-corrected chi connectivity index (χ4v) is 5.19. The molecule has 2 heterocycles. The molecule has 42 heavy (non-hydrogen) atoms. The summed E-state index contributed by atoms with van der Waals surface area (Å²) in [7, 11) is 4.49. The van der Waals surface area contributed by atoms with Gasteiger partial charge in [-0.3, -0.25) is 9.59 Å². The molecule has 1 aliphatic rings. The number of anilines is 1. The molecular weight excluding hydrogens is 590 g/mol. The van der Waals surface area contributed by atoms with Crippen molar-refractivity contribution in [2.45, 2.75) is 51.1 Å². The molecule has 2 amide bonds. The van der Waals surface area contributed by atoms with Crippen molar-refractivity contribution >= 4 is 29.2 Å². The first-order chi connectivity index (χ1) is 19.4. The number of carbonyl (C=O) groups is 2.